The Morgan fingerprint density at radius 3 is 1.53 bits per heavy atom. The molecule has 2 unspecified atom stereocenters. The van der Waals surface area contributed by atoms with E-state index in [9.17, 15) is 34.8 Å². The zero-order valence-electron chi connectivity index (χ0n) is 10.0. The largest absolute Gasteiger partial charge is 0.471 e. The summed E-state index contributed by atoms with van der Waals surface area (Å²) in [6.45, 7) is -1.54. The molecule has 1 rings (SSSR count). The molecule has 1 aliphatic rings. The molecule has 1 fully saturated rings. The van der Waals surface area contributed by atoms with Gasteiger partial charge in [0.05, 0.1) is 10.5 Å². The van der Waals surface area contributed by atoms with Crippen molar-refractivity contribution in [2.75, 3.05) is 25.6 Å². The van der Waals surface area contributed by atoms with Gasteiger partial charge in [-0.3, -0.25) is 4.79 Å². The highest BCUT2D eigenvalue weighted by atomic mass is 32.2. The topological polar surface area (TPSA) is 88.6 Å². The van der Waals surface area contributed by atoms with Crippen LogP contribution in [0.2, 0.25) is 0 Å². The summed E-state index contributed by atoms with van der Waals surface area (Å²) in [5.41, 5.74) is 0. The fraction of sp³-hybridized carbons (Fsp3) is 0.875. The quantitative estimate of drug-likeness (QED) is 0.665. The molecular formula is C8H12F3NO5S2. The molecule has 0 aliphatic carbocycles. The minimum atomic E-state index is -5.16. The van der Waals surface area contributed by atoms with Gasteiger partial charge in [-0.05, 0) is 0 Å². The summed E-state index contributed by atoms with van der Waals surface area (Å²) < 4.78 is 82.5. The molecule has 11 heteroatoms. The minimum Gasteiger partial charge on any atom is -0.332 e. The molecule has 0 aromatic rings. The molecule has 0 radical (unpaired) electrons. The van der Waals surface area contributed by atoms with Crippen LogP contribution < -0.4 is 0 Å². The van der Waals surface area contributed by atoms with Gasteiger partial charge in [-0.15, -0.1) is 0 Å². The van der Waals surface area contributed by atoms with E-state index in [4.69, 9.17) is 0 Å². The molecule has 1 heterocycles. The lowest BCUT2D eigenvalue weighted by Gasteiger charge is -2.17. The molecule has 112 valence electrons. The molecule has 19 heavy (non-hydrogen) atoms. The second kappa shape index (κ2) is 4.62. The van der Waals surface area contributed by atoms with Gasteiger partial charge >= 0.3 is 12.1 Å². The molecule has 0 bridgehead atoms. The third-order valence-corrected chi connectivity index (χ3v) is 6.17. The van der Waals surface area contributed by atoms with Crippen molar-refractivity contribution in [3.63, 3.8) is 0 Å². The molecule has 1 aliphatic heterocycles. The first kappa shape index (κ1) is 16.2. The van der Waals surface area contributed by atoms with Gasteiger partial charge in [0.15, 0.2) is 19.7 Å². The molecule has 1 saturated heterocycles. The number of carbonyl (C=O) groups excluding carboxylic acids is 1. The monoisotopic (exact) mass is 323 g/mol. The number of sulfone groups is 2. The molecule has 0 N–H and O–H groups in total. The van der Waals surface area contributed by atoms with Crippen molar-refractivity contribution in [2.24, 2.45) is 0 Å². The van der Waals surface area contributed by atoms with Crippen LogP contribution in [0.1, 0.15) is 0 Å². The molecular weight excluding hydrogens is 311 g/mol. The van der Waals surface area contributed by atoms with Crippen molar-refractivity contribution in [3.05, 3.63) is 0 Å². The van der Waals surface area contributed by atoms with Gasteiger partial charge in [0, 0.05) is 25.6 Å². The Labute approximate surface area is 108 Å². The third-order valence-electron chi connectivity index (χ3n) is 2.84. The molecule has 0 aromatic carbocycles. The van der Waals surface area contributed by atoms with Crippen LogP contribution in [0.4, 0.5) is 13.2 Å². The zero-order valence-corrected chi connectivity index (χ0v) is 11.6. The van der Waals surface area contributed by atoms with Crippen LogP contribution in [0.5, 0.6) is 0 Å². The van der Waals surface area contributed by atoms with Crippen molar-refractivity contribution in [1.82, 2.24) is 4.90 Å². The summed E-state index contributed by atoms with van der Waals surface area (Å²) in [4.78, 5) is 11.2. The summed E-state index contributed by atoms with van der Waals surface area (Å²) >= 11 is 0. The number of hydrogen-bond donors (Lipinski definition) is 0. The van der Waals surface area contributed by atoms with E-state index in [1.54, 1.807) is 0 Å². The maximum atomic E-state index is 12.3. The van der Waals surface area contributed by atoms with E-state index in [2.05, 4.69) is 0 Å². The fourth-order valence-corrected chi connectivity index (χ4v) is 5.30. The van der Waals surface area contributed by atoms with E-state index in [0.29, 0.717) is 0 Å². The van der Waals surface area contributed by atoms with Crippen LogP contribution in [0.3, 0.4) is 0 Å². The summed E-state index contributed by atoms with van der Waals surface area (Å²) in [7, 11) is -7.77. The maximum Gasteiger partial charge on any atom is 0.471 e. The number of likely N-dealkylation sites (tertiary alicyclic amines) is 1. The molecule has 0 aromatic heterocycles. The highest BCUT2D eigenvalue weighted by molar-refractivity contribution is 7.95. The standard InChI is InChI=1S/C8H12F3NO5S2/c1-18(14,15)5-3-12(7(13)8(9,10)11)4-6(5)19(2,16)17/h5-6H,3-4H2,1-2H3. The number of carbonyl (C=O) groups is 1. The third kappa shape index (κ3) is 3.59. The lowest BCUT2D eigenvalue weighted by Crippen LogP contribution is -2.40. The van der Waals surface area contributed by atoms with E-state index in [0.717, 1.165) is 12.5 Å². The number of amides is 1. The molecule has 1 amide bonds. The summed E-state index contributed by atoms with van der Waals surface area (Å²) in [6, 6.07) is 0. The SMILES string of the molecule is CS(=O)(=O)C1CN(C(=O)C(F)(F)F)CC1S(C)(=O)=O. The Morgan fingerprint density at radius 1 is 1.00 bits per heavy atom. The van der Waals surface area contributed by atoms with Gasteiger partial charge in [-0.1, -0.05) is 0 Å². The van der Waals surface area contributed by atoms with Crippen LogP contribution in [0.15, 0.2) is 0 Å². The van der Waals surface area contributed by atoms with Crippen LogP contribution >= 0.6 is 0 Å². The van der Waals surface area contributed by atoms with E-state index in [1.165, 1.54) is 0 Å². The van der Waals surface area contributed by atoms with Gasteiger partial charge in [0.25, 0.3) is 0 Å². The van der Waals surface area contributed by atoms with Gasteiger partial charge in [-0.2, -0.15) is 13.2 Å². The maximum absolute atomic E-state index is 12.3. The lowest BCUT2D eigenvalue weighted by molar-refractivity contribution is -0.184. The normalized spacial score (nSPS) is 25.6. The highest BCUT2D eigenvalue weighted by Crippen LogP contribution is 2.27. The van der Waals surface area contributed by atoms with Gasteiger partial charge in [0.2, 0.25) is 0 Å². The Morgan fingerprint density at radius 2 is 1.32 bits per heavy atom. The second-order valence-corrected chi connectivity index (χ2v) is 8.97. The average Bonchev–Trinajstić information content (AvgIpc) is 2.57. The minimum absolute atomic E-state index is 0.220. The molecule has 6 nitrogen and oxygen atoms in total. The average molecular weight is 323 g/mol. The van der Waals surface area contributed by atoms with E-state index >= 15 is 0 Å². The number of hydrogen-bond acceptors (Lipinski definition) is 5. The predicted molar refractivity (Wildman–Crippen MR) is 59.9 cm³/mol. The Balaban J connectivity index is 3.13. The van der Waals surface area contributed by atoms with Crippen molar-refractivity contribution in [2.45, 2.75) is 16.7 Å². The first-order valence-corrected chi connectivity index (χ1v) is 8.89. The van der Waals surface area contributed by atoms with E-state index < -0.39 is 55.3 Å². The van der Waals surface area contributed by atoms with Gasteiger partial charge in [0.1, 0.15) is 0 Å². The smallest absolute Gasteiger partial charge is 0.332 e. The Bertz CT molecular complexity index is 540. The lowest BCUT2D eigenvalue weighted by atomic mass is 10.4. The highest BCUT2D eigenvalue weighted by Gasteiger charge is 2.51. The summed E-state index contributed by atoms with van der Waals surface area (Å²) in [5.74, 6) is -2.23. The Kier molecular flexibility index (Phi) is 3.94. The van der Waals surface area contributed by atoms with Crippen LogP contribution in [0.25, 0.3) is 0 Å². The predicted octanol–water partition coefficient (Wildman–Crippen LogP) is -0.783. The van der Waals surface area contributed by atoms with Crippen LogP contribution in [-0.4, -0.2) is 69.9 Å². The molecule has 0 spiro atoms. The molecule has 0 saturated carbocycles. The van der Waals surface area contributed by atoms with Crippen molar-refractivity contribution >= 4 is 25.6 Å². The summed E-state index contributed by atoms with van der Waals surface area (Å²) in [5, 5.41) is -3.07. The Hall–Kier alpha value is -0.840. The van der Waals surface area contributed by atoms with E-state index in [-0.39, 0.29) is 4.90 Å². The van der Waals surface area contributed by atoms with E-state index in [1.807, 2.05) is 0 Å². The number of rotatable bonds is 2. The number of halogens is 3. The van der Waals surface area contributed by atoms with Crippen LogP contribution in [0, 0.1) is 0 Å². The summed E-state index contributed by atoms with van der Waals surface area (Å²) in [6.07, 6.45) is -3.69. The van der Waals surface area contributed by atoms with Crippen LogP contribution in [-0.2, 0) is 24.5 Å². The fourth-order valence-electron chi connectivity index (χ4n) is 1.91. The van der Waals surface area contributed by atoms with Gasteiger partial charge < -0.3 is 4.90 Å². The number of alkyl halides is 3. The van der Waals surface area contributed by atoms with Crippen molar-refractivity contribution < 1.29 is 34.8 Å². The first-order valence-electron chi connectivity index (χ1n) is 4.98. The number of nitrogens with zero attached hydrogens (tertiary/aromatic N) is 1. The molecule has 2 atom stereocenters. The van der Waals surface area contributed by atoms with Crippen molar-refractivity contribution in [3.8, 4) is 0 Å². The van der Waals surface area contributed by atoms with Crippen molar-refractivity contribution in [1.29, 1.82) is 0 Å². The second-order valence-electron chi connectivity index (χ2n) is 4.44. The zero-order chi connectivity index (χ0) is 15.2. The first-order chi connectivity index (χ1) is 8.24. The van der Waals surface area contributed by atoms with Gasteiger partial charge in [-0.25, -0.2) is 16.8 Å².